The molecule has 5 nitrogen and oxygen atoms in total. The van der Waals surface area contributed by atoms with Gasteiger partial charge in [0.15, 0.2) is 0 Å². The first kappa shape index (κ1) is 20.5. The fraction of sp³-hybridized carbons (Fsp3) is 0.267. The Bertz CT molecular complexity index is 1620. The molecule has 0 saturated carbocycles. The second-order valence-electron chi connectivity index (χ2n) is 9.93. The van der Waals surface area contributed by atoms with Crippen molar-refractivity contribution >= 4 is 11.0 Å². The lowest BCUT2D eigenvalue weighted by Crippen LogP contribution is -2.06. The third-order valence-electron chi connectivity index (χ3n) is 7.74. The van der Waals surface area contributed by atoms with Gasteiger partial charge in [-0.15, -0.1) is 0 Å². The number of H-pyrrole nitrogens is 2. The van der Waals surface area contributed by atoms with E-state index in [1.54, 1.807) is 0 Å². The number of aromatic amines is 2. The summed E-state index contributed by atoms with van der Waals surface area (Å²) >= 11 is 0. The third kappa shape index (κ3) is 3.14. The zero-order chi connectivity index (χ0) is 23.7. The summed E-state index contributed by atoms with van der Waals surface area (Å²) in [6, 6.07) is 17.8. The molecule has 35 heavy (non-hydrogen) atoms. The molecule has 0 amide bonds. The summed E-state index contributed by atoms with van der Waals surface area (Å²) in [4.78, 5) is 16.5. The minimum atomic E-state index is 0.445. The number of fused-ring (bicyclic) bond motifs is 8. The molecule has 0 fully saturated rings. The van der Waals surface area contributed by atoms with Crippen LogP contribution in [0.25, 0.3) is 44.5 Å². The highest BCUT2D eigenvalue weighted by Crippen LogP contribution is 2.42. The van der Waals surface area contributed by atoms with Gasteiger partial charge in [0.25, 0.3) is 0 Å². The van der Waals surface area contributed by atoms with Crippen LogP contribution in [-0.2, 0) is 19.4 Å². The number of benzene rings is 3. The normalized spacial score (nSPS) is 14.6. The van der Waals surface area contributed by atoms with Crippen LogP contribution < -0.4 is 4.74 Å². The zero-order valence-corrected chi connectivity index (χ0v) is 20.3. The number of rotatable bonds is 3. The molecule has 0 bridgehead atoms. The number of nitrogens with zero attached hydrogens (tertiary/aromatic N) is 2. The van der Waals surface area contributed by atoms with E-state index in [0.29, 0.717) is 12.5 Å². The van der Waals surface area contributed by atoms with E-state index in [0.717, 1.165) is 64.6 Å². The molecule has 2 aromatic heterocycles. The van der Waals surface area contributed by atoms with Gasteiger partial charge >= 0.3 is 0 Å². The Labute approximate surface area is 204 Å². The van der Waals surface area contributed by atoms with Crippen molar-refractivity contribution in [2.24, 2.45) is 0 Å². The summed E-state index contributed by atoms with van der Waals surface area (Å²) in [6.45, 7) is 6.95. The predicted octanol–water partition coefficient (Wildman–Crippen LogP) is 7.10. The van der Waals surface area contributed by atoms with Crippen LogP contribution in [0.3, 0.4) is 0 Å². The van der Waals surface area contributed by atoms with Crippen molar-refractivity contribution in [3.05, 3.63) is 77.0 Å². The molecule has 3 heterocycles. The Morgan fingerprint density at radius 3 is 2.57 bits per heavy atom. The topological polar surface area (TPSA) is 66.6 Å². The molecule has 1 atom stereocenters. The van der Waals surface area contributed by atoms with E-state index in [-0.39, 0.29) is 0 Å². The fourth-order valence-electron chi connectivity index (χ4n) is 5.63. The molecule has 1 aliphatic carbocycles. The van der Waals surface area contributed by atoms with Crippen LogP contribution in [0.15, 0.2) is 48.5 Å². The van der Waals surface area contributed by atoms with Gasteiger partial charge in [0.2, 0.25) is 0 Å². The highest BCUT2D eigenvalue weighted by atomic mass is 16.5. The highest BCUT2D eigenvalue weighted by Gasteiger charge is 2.23. The van der Waals surface area contributed by atoms with Crippen LogP contribution in [0, 0.1) is 6.92 Å². The smallest absolute Gasteiger partial charge is 0.132 e. The summed E-state index contributed by atoms with van der Waals surface area (Å²) in [7, 11) is 0. The first-order valence-corrected chi connectivity index (χ1v) is 12.6. The van der Waals surface area contributed by atoms with Crippen LogP contribution in [0.2, 0.25) is 0 Å². The maximum absolute atomic E-state index is 6.06. The molecule has 5 heteroatoms. The number of imidazole rings is 2. The Kier molecular flexibility index (Phi) is 4.44. The minimum Gasteiger partial charge on any atom is -0.486 e. The molecule has 2 aliphatic rings. The minimum absolute atomic E-state index is 0.445. The van der Waals surface area contributed by atoms with Gasteiger partial charge in [0.05, 0.1) is 16.7 Å². The predicted molar refractivity (Wildman–Crippen MR) is 140 cm³/mol. The van der Waals surface area contributed by atoms with Crippen LogP contribution in [0.4, 0.5) is 0 Å². The van der Waals surface area contributed by atoms with Gasteiger partial charge in [-0.05, 0) is 77.8 Å². The second kappa shape index (κ2) is 7.57. The molecule has 5 aromatic rings. The van der Waals surface area contributed by atoms with Gasteiger partial charge in [-0.1, -0.05) is 44.2 Å². The van der Waals surface area contributed by atoms with Crippen molar-refractivity contribution in [1.29, 1.82) is 0 Å². The molecular formula is C30H28N4O. The van der Waals surface area contributed by atoms with E-state index in [9.17, 15) is 0 Å². The SMILES string of the molecule is CCC(C)c1nc2c3c(ccc2[nH]1)-c1ccc(-c2ccc4c(c2)OCc2nc(C)[nH]c2-4)cc1CC3. The molecule has 0 spiro atoms. The number of aryl methyl sites for hydroxylation is 3. The summed E-state index contributed by atoms with van der Waals surface area (Å²) < 4.78 is 6.06. The average Bonchev–Trinajstić information content (AvgIpc) is 3.50. The molecule has 7 rings (SSSR count). The first-order valence-electron chi connectivity index (χ1n) is 12.6. The van der Waals surface area contributed by atoms with Crippen molar-refractivity contribution in [2.45, 2.75) is 52.6 Å². The molecule has 3 aromatic carbocycles. The lowest BCUT2D eigenvalue weighted by atomic mass is 9.83. The van der Waals surface area contributed by atoms with Gasteiger partial charge in [-0.2, -0.15) is 0 Å². The summed E-state index contributed by atoms with van der Waals surface area (Å²) in [5.41, 5.74) is 13.3. The van der Waals surface area contributed by atoms with Crippen LogP contribution >= 0.6 is 0 Å². The van der Waals surface area contributed by atoms with E-state index >= 15 is 0 Å². The fourth-order valence-corrected chi connectivity index (χ4v) is 5.63. The Morgan fingerprint density at radius 2 is 1.71 bits per heavy atom. The lowest BCUT2D eigenvalue weighted by molar-refractivity contribution is 0.298. The number of aromatic nitrogens is 4. The molecule has 1 aliphatic heterocycles. The number of ether oxygens (including phenoxy) is 1. The van der Waals surface area contributed by atoms with Crippen LogP contribution in [0.1, 0.15) is 54.7 Å². The summed E-state index contributed by atoms with van der Waals surface area (Å²) in [6.07, 6.45) is 3.13. The number of hydrogen-bond acceptors (Lipinski definition) is 3. The monoisotopic (exact) mass is 460 g/mol. The Balaban J connectivity index is 1.27. The van der Waals surface area contributed by atoms with E-state index in [4.69, 9.17) is 9.72 Å². The Hall–Kier alpha value is -3.86. The first-order chi connectivity index (χ1) is 17.1. The molecule has 0 radical (unpaired) electrons. The lowest BCUT2D eigenvalue weighted by Gasteiger charge is -2.22. The summed E-state index contributed by atoms with van der Waals surface area (Å²) in [5, 5.41) is 0. The number of nitrogens with one attached hydrogen (secondary N) is 2. The van der Waals surface area contributed by atoms with Crippen LogP contribution in [0.5, 0.6) is 5.75 Å². The van der Waals surface area contributed by atoms with Crippen molar-refractivity contribution in [1.82, 2.24) is 19.9 Å². The molecule has 2 N–H and O–H groups in total. The largest absolute Gasteiger partial charge is 0.486 e. The van der Waals surface area contributed by atoms with E-state index < -0.39 is 0 Å². The Morgan fingerprint density at radius 1 is 0.914 bits per heavy atom. The standard InChI is InChI=1S/C30H28N4O/c1-4-16(2)30-33-25-12-11-22-21-8-5-18(13-20(21)7-9-23(22)28(25)34-30)19-6-10-24-27(14-19)35-15-26-29(24)32-17(3)31-26/h5-6,8,10-14,16H,4,7,9,15H2,1-3H3,(H,31,32)(H,33,34). The van der Waals surface area contributed by atoms with Crippen molar-refractivity contribution in [3.8, 4) is 39.3 Å². The maximum Gasteiger partial charge on any atom is 0.132 e. The second-order valence-corrected chi connectivity index (χ2v) is 9.93. The van der Waals surface area contributed by atoms with Gasteiger partial charge in [0.1, 0.15) is 29.7 Å². The van der Waals surface area contributed by atoms with Crippen molar-refractivity contribution < 1.29 is 4.74 Å². The number of hydrogen-bond donors (Lipinski definition) is 2. The highest BCUT2D eigenvalue weighted by molar-refractivity contribution is 5.90. The van der Waals surface area contributed by atoms with Gasteiger partial charge in [0, 0.05) is 11.5 Å². The van der Waals surface area contributed by atoms with Gasteiger partial charge in [-0.25, -0.2) is 9.97 Å². The van der Waals surface area contributed by atoms with E-state index in [1.807, 2.05) is 6.92 Å². The molecule has 1 unspecified atom stereocenters. The molecule has 174 valence electrons. The molecular weight excluding hydrogens is 432 g/mol. The van der Waals surface area contributed by atoms with Crippen molar-refractivity contribution in [3.63, 3.8) is 0 Å². The molecule has 0 saturated heterocycles. The van der Waals surface area contributed by atoms with Crippen molar-refractivity contribution in [2.75, 3.05) is 0 Å². The average molecular weight is 461 g/mol. The maximum atomic E-state index is 6.06. The zero-order valence-electron chi connectivity index (χ0n) is 20.3. The van der Waals surface area contributed by atoms with Gasteiger partial charge in [-0.3, -0.25) is 0 Å². The van der Waals surface area contributed by atoms with Crippen LogP contribution in [-0.4, -0.2) is 19.9 Å². The van der Waals surface area contributed by atoms with Gasteiger partial charge < -0.3 is 14.7 Å². The quantitative estimate of drug-likeness (QED) is 0.302. The van der Waals surface area contributed by atoms with E-state index in [1.165, 1.54) is 33.4 Å². The van der Waals surface area contributed by atoms with E-state index in [2.05, 4.69) is 77.3 Å². The third-order valence-corrected chi connectivity index (χ3v) is 7.74. The summed E-state index contributed by atoms with van der Waals surface area (Å²) in [5.74, 6) is 3.39.